The molecular weight excluding hydrogens is 292 g/mol. The normalized spacial score (nSPS) is 17.8. The summed E-state index contributed by atoms with van der Waals surface area (Å²) < 4.78 is 29.1. The molecule has 1 aliphatic carbocycles. The van der Waals surface area contributed by atoms with Crippen molar-refractivity contribution in [1.29, 1.82) is 0 Å². The van der Waals surface area contributed by atoms with Crippen molar-refractivity contribution in [2.45, 2.75) is 50.7 Å². The molecule has 122 valence electrons. The van der Waals surface area contributed by atoms with Crippen molar-refractivity contribution in [3.8, 4) is 5.75 Å². The zero-order valence-electron chi connectivity index (χ0n) is 12.4. The Labute approximate surface area is 128 Å². The molecule has 2 rings (SSSR count). The lowest BCUT2D eigenvalue weighted by molar-refractivity contribution is -0.0502. The molecule has 1 aromatic rings. The van der Waals surface area contributed by atoms with Gasteiger partial charge in [0, 0.05) is 6.54 Å². The number of hydrogen-bond donors (Lipinski definition) is 2. The van der Waals surface area contributed by atoms with Crippen LogP contribution in [0.2, 0.25) is 0 Å². The Kier molecular flexibility index (Phi) is 5.71. The number of nitrogens with one attached hydrogen (secondary N) is 1. The summed E-state index contributed by atoms with van der Waals surface area (Å²) in [4.78, 5) is 12.2. The smallest absolute Gasteiger partial charge is 0.387 e. The van der Waals surface area contributed by atoms with Gasteiger partial charge in [0.1, 0.15) is 5.75 Å². The van der Waals surface area contributed by atoms with Gasteiger partial charge < -0.3 is 15.2 Å². The minimum Gasteiger partial charge on any atom is -0.434 e. The summed E-state index contributed by atoms with van der Waals surface area (Å²) in [6.45, 7) is -2.87. The van der Waals surface area contributed by atoms with E-state index in [-0.39, 0.29) is 17.9 Å². The summed E-state index contributed by atoms with van der Waals surface area (Å²) in [5.74, 6) is -0.684. The number of benzene rings is 1. The van der Waals surface area contributed by atoms with Crippen molar-refractivity contribution in [3.05, 3.63) is 29.8 Å². The number of hydrogen-bond acceptors (Lipinski definition) is 3. The first kappa shape index (κ1) is 16.7. The number of halogens is 2. The zero-order valence-corrected chi connectivity index (χ0v) is 12.4. The number of ether oxygens (including phenoxy) is 1. The third kappa shape index (κ3) is 4.66. The molecule has 0 aliphatic heterocycles. The maximum absolute atomic E-state index is 12.4. The number of carbonyl (C=O) groups excluding carboxylic acids is 1. The van der Waals surface area contributed by atoms with Gasteiger partial charge in [0.25, 0.3) is 5.91 Å². The van der Waals surface area contributed by atoms with Crippen LogP contribution in [0.1, 0.15) is 48.9 Å². The topological polar surface area (TPSA) is 58.6 Å². The SMILES string of the molecule is O=C(NCC1(O)CCCCCC1)c1ccccc1OC(F)F. The highest BCUT2D eigenvalue weighted by Crippen LogP contribution is 2.27. The average Bonchev–Trinajstić information content (AvgIpc) is 2.70. The Bertz CT molecular complexity index is 500. The lowest BCUT2D eigenvalue weighted by Crippen LogP contribution is -2.42. The van der Waals surface area contributed by atoms with Crippen LogP contribution in [0, 0.1) is 0 Å². The quantitative estimate of drug-likeness (QED) is 0.821. The van der Waals surface area contributed by atoms with Crippen LogP contribution in [0.3, 0.4) is 0 Å². The van der Waals surface area contributed by atoms with Crippen LogP contribution in [-0.2, 0) is 0 Å². The van der Waals surface area contributed by atoms with Crippen molar-refractivity contribution >= 4 is 5.91 Å². The lowest BCUT2D eigenvalue weighted by atomic mass is 9.94. The second-order valence-electron chi connectivity index (χ2n) is 5.70. The second kappa shape index (κ2) is 7.54. The molecule has 1 amide bonds. The van der Waals surface area contributed by atoms with Crippen LogP contribution < -0.4 is 10.1 Å². The van der Waals surface area contributed by atoms with Gasteiger partial charge in [-0.25, -0.2) is 0 Å². The summed E-state index contributed by atoms with van der Waals surface area (Å²) in [5.41, 5.74) is -0.870. The molecule has 6 heteroatoms. The van der Waals surface area contributed by atoms with Gasteiger partial charge in [-0.2, -0.15) is 8.78 Å². The maximum Gasteiger partial charge on any atom is 0.387 e. The van der Waals surface area contributed by atoms with E-state index in [4.69, 9.17) is 0 Å². The first-order valence-corrected chi connectivity index (χ1v) is 7.55. The van der Waals surface area contributed by atoms with E-state index in [1.54, 1.807) is 6.07 Å². The Balaban J connectivity index is 2.00. The number of rotatable bonds is 5. The molecule has 0 atom stereocenters. The molecule has 2 N–H and O–H groups in total. The van der Waals surface area contributed by atoms with Crippen LogP contribution in [0.15, 0.2) is 24.3 Å². The third-order valence-electron chi connectivity index (χ3n) is 3.96. The van der Waals surface area contributed by atoms with E-state index in [2.05, 4.69) is 10.1 Å². The number of para-hydroxylation sites is 1. The highest BCUT2D eigenvalue weighted by molar-refractivity contribution is 5.96. The fourth-order valence-corrected chi connectivity index (χ4v) is 2.76. The van der Waals surface area contributed by atoms with Crippen molar-refractivity contribution in [3.63, 3.8) is 0 Å². The highest BCUT2D eigenvalue weighted by Gasteiger charge is 2.29. The van der Waals surface area contributed by atoms with E-state index in [1.165, 1.54) is 18.2 Å². The van der Waals surface area contributed by atoms with Gasteiger partial charge in [-0.1, -0.05) is 37.8 Å². The number of aliphatic hydroxyl groups is 1. The molecule has 1 aliphatic rings. The van der Waals surface area contributed by atoms with E-state index < -0.39 is 18.1 Å². The van der Waals surface area contributed by atoms with Crippen LogP contribution >= 0.6 is 0 Å². The number of carbonyl (C=O) groups is 1. The molecule has 0 saturated heterocycles. The van der Waals surface area contributed by atoms with Gasteiger partial charge >= 0.3 is 6.61 Å². The molecule has 4 nitrogen and oxygen atoms in total. The first-order chi connectivity index (χ1) is 10.5. The van der Waals surface area contributed by atoms with Crippen molar-refractivity contribution in [2.24, 2.45) is 0 Å². The minimum atomic E-state index is -2.99. The zero-order chi connectivity index (χ0) is 16.0. The largest absolute Gasteiger partial charge is 0.434 e. The Morgan fingerprint density at radius 1 is 1.23 bits per heavy atom. The van der Waals surface area contributed by atoms with Crippen LogP contribution in [-0.4, -0.2) is 29.8 Å². The molecule has 0 heterocycles. The standard InChI is InChI=1S/C16H21F2NO3/c17-15(18)22-13-8-4-3-7-12(13)14(20)19-11-16(21)9-5-1-2-6-10-16/h3-4,7-8,15,21H,1-2,5-6,9-11H2,(H,19,20). The summed E-state index contributed by atoms with van der Waals surface area (Å²) in [7, 11) is 0. The first-order valence-electron chi connectivity index (χ1n) is 7.55. The molecule has 1 aromatic carbocycles. The fraction of sp³-hybridized carbons (Fsp3) is 0.562. The Morgan fingerprint density at radius 3 is 2.50 bits per heavy atom. The fourth-order valence-electron chi connectivity index (χ4n) is 2.76. The Hall–Kier alpha value is -1.69. The minimum absolute atomic E-state index is 0.0417. The summed E-state index contributed by atoms with van der Waals surface area (Å²) in [6.07, 6.45) is 5.31. The van der Waals surface area contributed by atoms with Gasteiger partial charge in [0.15, 0.2) is 0 Å². The third-order valence-corrected chi connectivity index (χ3v) is 3.96. The van der Waals surface area contributed by atoms with E-state index in [1.807, 2.05) is 0 Å². The van der Waals surface area contributed by atoms with E-state index in [0.29, 0.717) is 12.8 Å². The number of alkyl halides is 2. The number of amides is 1. The summed E-state index contributed by atoms with van der Waals surface area (Å²) >= 11 is 0. The molecule has 0 aromatic heterocycles. The van der Waals surface area contributed by atoms with E-state index in [9.17, 15) is 18.7 Å². The molecule has 1 saturated carbocycles. The van der Waals surface area contributed by atoms with Gasteiger partial charge in [-0.15, -0.1) is 0 Å². The van der Waals surface area contributed by atoms with Crippen molar-refractivity contribution in [2.75, 3.05) is 6.54 Å². The molecule has 0 unspecified atom stereocenters. The van der Waals surface area contributed by atoms with E-state index in [0.717, 1.165) is 25.7 Å². The molecule has 22 heavy (non-hydrogen) atoms. The van der Waals surface area contributed by atoms with Crippen molar-refractivity contribution in [1.82, 2.24) is 5.32 Å². The predicted octanol–water partition coefficient (Wildman–Crippen LogP) is 3.10. The summed E-state index contributed by atoms with van der Waals surface area (Å²) in [6, 6.07) is 5.84. The second-order valence-corrected chi connectivity index (χ2v) is 5.70. The molecule has 1 fully saturated rings. The van der Waals surface area contributed by atoms with Crippen molar-refractivity contribution < 1.29 is 23.4 Å². The van der Waals surface area contributed by atoms with Gasteiger partial charge in [0.05, 0.1) is 11.2 Å². The van der Waals surface area contributed by atoms with Gasteiger partial charge in [-0.3, -0.25) is 4.79 Å². The summed E-state index contributed by atoms with van der Waals surface area (Å²) in [5, 5.41) is 13.1. The van der Waals surface area contributed by atoms with Crippen LogP contribution in [0.5, 0.6) is 5.75 Å². The van der Waals surface area contributed by atoms with Crippen LogP contribution in [0.25, 0.3) is 0 Å². The van der Waals surface area contributed by atoms with E-state index >= 15 is 0 Å². The average molecular weight is 313 g/mol. The molecule has 0 bridgehead atoms. The van der Waals surface area contributed by atoms with Crippen LogP contribution in [0.4, 0.5) is 8.78 Å². The maximum atomic E-state index is 12.4. The monoisotopic (exact) mass is 313 g/mol. The highest BCUT2D eigenvalue weighted by atomic mass is 19.3. The molecule has 0 spiro atoms. The molecular formula is C16H21F2NO3. The molecule has 0 radical (unpaired) electrons. The Morgan fingerprint density at radius 2 is 1.86 bits per heavy atom. The van der Waals surface area contributed by atoms with Gasteiger partial charge in [-0.05, 0) is 25.0 Å². The van der Waals surface area contributed by atoms with Gasteiger partial charge in [0.2, 0.25) is 0 Å². The lowest BCUT2D eigenvalue weighted by Gasteiger charge is -2.27. The predicted molar refractivity (Wildman–Crippen MR) is 78.1 cm³/mol.